The first-order valence-corrected chi connectivity index (χ1v) is 12.5. The number of ether oxygens (including phenoxy) is 2. The average molecular weight is 526 g/mol. The summed E-state index contributed by atoms with van der Waals surface area (Å²) in [4.78, 5) is 29.2. The molecule has 3 aromatic rings. The lowest BCUT2D eigenvalue weighted by Crippen LogP contribution is -2.42. The molecular formula is C29H36FN3O5. The molecule has 2 atom stereocenters. The molecule has 0 bridgehead atoms. The third kappa shape index (κ3) is 7.64. The molecule has 1 aromatic heterocycles. The summed E-state index contributed by atoms with van der Waals surface area (Å²) in [7, 11) is 0. The SMILES string of the molecule is C.Cc1nccn1C[C@@H](NC(=O)CCCCCC(=O)c1ccc(F)cc1)[C@H](O)c1ccc2c(c1)OCCO2. The van der Waals surface area contributed by atoms with Gasteiger partial charge >= 0.3 is 0 Å². The number of ketones is 1. The quantitative estimate of drug-likeness (QED) is 0.260. The van der Waals surface area contributed by atoms with Crippen LogP contribution in [0.15, 0.2) is 54.9 Å². The Bertz CT molecular complexity index is 1210. The number of Topliss-reactive ketones (excluding diaryl/α,β-unsaturated/α-hetero) is 1. The van der Waals surface area contributed by atoms with E-state index in [-0.39, 0.29) is 31.4 Å². The zero-order valence-corrected chi connectivity index (χ0v) is 20.9. The Labute approximate surface area is 222 Å². The Balaban J connectivity index is 0.00000400. The maximum absolute atomic E-state index is 13.0. The Hall–Kier alpha value is -3.72. The van der Waals surface area contributed by atoms with Gasteiger partial charge in [-0.3, -0.25) is 9.59 Å². The number of carbonyl (C=O) groups excluding carboxylic acids is 2. The summed E-state index contributed by atoms with van der Waals surface area (Å²) < 4.78 is 26.1. The molecule has 1 aliphatic heterocycles. The van der Waals surface area contributed by atoms with Crippen LogP contribution in [-0.4, -0.2) is 45.6 Å². The van der Waals surface area contributed by atoms with E-state index in [1.165, 1.54) is 24.3 Å². The van der Waals surface area contributed by atoms with Gasteiger partial charge in [-0.05, 0) is 61.7 Å². The molecule has 8 nitrogen and oxygen atoms in total. The number of hydrogen-bond donors (Lipinski definition) is 2. The van der Waals surface area contributed by atoms with Gasteiger partial charge in [0.25, 0.3) is 0 Å². The van der Waals surface area contributed by atoms with Gasteiger partial charge in [0.2, 0.25) is 5.91 Å². The van der Waals surface area contributed by atoms with Crippen molar-refractivity contribution < 1.29 is 28.6 Å². The maximum Gasteiger partial charge on any atom is 0.220 e. The molecule has 38 heavy (non-hydrogen) atoms. The summed E-state index contributed by atoms with van der Waals surface area (Å²) in [5, 5.41) is 14.2. The predicted octanol–water partition coefficient (Wildman–Crippen LogP) is 4.79. The van der Waals surface area contributed by atoms with E-state index >= 15 is 0 Å². The minimum absolute atomic E-state index is 0. The van der Waals surface area contributed by atoms with Crippen LogP contribution in [0.25, 0.3) is 0 Å². The number of halogens is 1. The number of aryl methyl sites for hydroxylation is 1. The molecule has 204 valence electrons. The second-order valence-electron chi connectivity index (χ2n) is 9.14. The fourth-order valence-corrected chi connectivity index (χ4v) is 4.32. The predicted molar refractivity (Wildman–Crippen MR) is 142 cm³/mol. The maximum atomic E-state index is 13.0. The second-order valence-corrected chi connectivity index (χ2v) is 9.14. The summed E-state index contributed by atoms with van der Waals surface area (Å²) in [6, 6.07) is 10.2. The van der Waals surface area contributed by atoms with E-state index in [1.54, 1.807) is 24.4 Å². The molecule has 0 unspecified atom stereocenters. The van der Waals surface area contributed by atoms with E-state index < -0.39 is 12.1 Å². The smallest absolute Gasteiger partial charge is 0.220 e. The number of aromatic nitrogens is 2. The number of imidazole rings is 1. The van der Waals surface area contributed by atoms with Crippen molar-refractivity contribution in [3.05, 3.63) is 77.6 Å². The number of nitrogens with one attached hydrogen (secondary N) is 1. The fraction of sp³-hybridized carbons (Fsp3) is 0.414. The summed E-state index contributed by atoms with van der Waals surface area (Å²) in [6.45, 7) is 3.13. The van der Waals surface area contributed by atoms with E-state index in [0.29, 0.717) is 68.1 Å². The van der Waals surface area contributed by atoms with E-state index in [9.17, 15) is 19.1 Å². The molecule has 0 saturated heterocycles. The Kier molecular flexibility index (Phi) is 10.4. The Morgan fingerprint density at radius 2 is 1.76 bits per heavy atom. The molecule has 1 aliphatic rings. The third-order valence-corrected chi connectivity index (χ3v) is 6.43. The lowest BCUT2D eigenvalue weighted by molar-refractivity contribution is -0.123. The summed E-state index contributed by atoms with van der Waals surface area (Å²) in [5.74, 6) is 1.39. The normalized spacial score (nSPS) is 13.8. The standard InChI is InChI=1S/C28H32FN3O5.CH4/c1-19-30-13-14-32(19)18-23(28(35)21-9-12-25-26(17-21)37-16-15-36-25)31-27(34)6-4-2-3-5-24(33)20-7-10-22(29)11-8-20;/h7-14,17,23,28,35H,2-6,15-16,18H2,1H3,(H,31,34);1H4/t23-,28-;/m1./s1. The van der Waals surface area contributed by atoms with Crippen LogP contribution in [0, 0.1) is 12.7 Å². The lowest BCUT2D eigenvalue weighted by Gasteiger charge is -2.27. The molecule has 0 radical (unpaired) electrons. The monoisotopic (exact) mass is 525 g/mol. The van der Waals surface area contributed by atoms with Crippen LogP contribution in [0.5, 0.6) is 11.5 Å². The lowest BCUT2D eigenvalue weighted by atomic mass is 10.0. The number of carbonyl (C=O) groups is 2. The number of nitrogens with zero attached hydrogens (tertiary/aromatic N) is 2. The number of hydrogen-bond acceptors (Lipinski definition) is 6. The number of benzene rings is 2. The largest absolute Gasteiger partial charge is 0.486 e. The van der Waals surface area contributed by atoms with Crippen molar-refractivity contribution in [1.29, 1.82) is 0 Å². The number of unbranched alkanes of at least 4 members (excludes halogenated alkanes) is 2. The molecule has 1 amide bonds. The van der Waals surface area contributed by atoms with Crippen molar-refractivity contribution in [2.45, 2.75) is 65.1 Å². The number of fused-ring (bicyclic) bond motifs is 1. The highest BCUT2D eigenvalue weighted by Gasteiger charge is 2.25. The van der Waals surface area contributed by atoms with E-state index in [2.05, 4.69) is 10.3 Å². The van der Waals surface area contributed by atoms with Crippen LogP contribution >= 0.6 is 0 Å². The summed E-state index contributed by atoms with van der Waals surface area (Å²) >= 11 is 0. The third-order valence-electron chi connectivity index (χ3n) is 6.43. The highest BCUT2D eigenvalue weighted by Crippen LogP contribution is 2.33. The van der Waals surface area contributed by atoms with Gasteiger partial charge in [0.1, 0.15) is 31.0 Å². The van der Waals surface area contributed by atoms with Gasteiger partial charge in [-0.2, -0.15) is 0 Å². The molecule has 4 rings (SSSR count). The van der Waals surface area contributed by atoms with Crippen molar-refractivity contribution in [3.8, 4) is 11.5 Å². The first-order chi connectivity index (χ1) is 17.9. The van der Waals surface area contributed by atoms with Gasteiger partial charge in [-0.1, -0.05) is 19.9 Å². The average Bonchev–Trinajstić information content (AvgIpc) is 3.31. The van der Waals surface area contributed by atoms with Gasteiger partial charge in [0.05, 0.1) is 6.04 Å². The zero-order chi connectivity index (χ0) is 26.2. The molecular weight excluding hydrogens is 489 g/mol. The molecule has 0 saturated carbocycles. The number of amides is 1. The van der Waals surface area contributed by atoms with Crippen molar-refractivity contribution in [2.75, 3.05) is 13.2 Å². The van der Waals surface area contributed by atoms with E-state index in [0.717, 1.165) is 5.82 Å². The van der Waals surface area contributed by atoms with E-state index in [1.807, 2.05) is 17.7 Å². The van der Waals surface area contributed by atoms with Crippen LogP contribution < -0.4 is 14.8 Å². The molecule has 0 aliphatic carbocycles. The van der Waals surface area contributed by atoms with Crippen LogP contribution in [0.2, 0.25) is 0 Å². The van der Waals surface area contributed by atoms with Gasteiger partial charge in [0, 0.05) is 37.3 Å². The molecule has 0 spiro atoms. The number of aliphatic hydroxyl groups excluding tert-OH is 1. The van der Waals surface area contributed by atoms with Crippen molar-refractivity contribution in [2.24, 2.45) is 0 Å². The van der Waals surface area contributed by atoms with Gasteiger partial charge < -0.3 is 24.5 Å². The molecule has 0 fully saturated rings. The summed E-state index contributed by atoms with van der Waals surface area (Å²) in [6.07, 6.45) is 5.09. The highest BCUT2D eigenvalue weighted by molar-refractivity contribution is 5.95. The molecule has 2 heterocycles. The zero-order valence-electron chi connectivity index (χ0n) is 20.9. The molecule has 2 aromatic carbocycles. The minimum Gasteiger partial charge on any atom is -0.486 e. The summed E-state index contributed by atoms with van der Waals surface area (Å²) in [5.41, 5.74) is 1.11. The van der Waals surface area contributed by atoms with Crippen molar-refractivity contribution >= 4 is 11.7 Å². The van der Waals surface area contributed by atoms with Crippen molar-refractivity contribution in [3.63, 3.8) is 0 Å². The van der Waals surface area contributed by atoms with Gasteiger partial charge in [-0.25, -0.2) is 9.37 Å². The van der Waals surface area contributed by atoms with Crippen LogP contribution in [0.1, 0.15) is 67.4 Å². The topological polar surface area (TPSA) is 103 Å². The fourth-order valence-electron chi connectivity index (χ4n) is 4.32. The number of aliphatic hydroxyl groups is 1. The highest BCUT2D eigenvalue weighted by atomic mass is 19.1. The molecule has 9 heteroatoms. The van der Waals surface area contributed by atoms with Crippen LogP contribution in [0.3, 0.4) is 0 Å². The van der Waals surface area contributed by atoms with Gasteiger partial charge in [-0.15, -0.1) is 0 Å². The van der Waals surface area contributed by atoms with Gasteiger partial charge in [0.15, 0.2) is 17.3 Å². The minimum atomic E-state index is -0.977. The van der Waals surface area contributed by atoms with Crippen LogP contribution in [0.4, 0.5) is 4.39 Å². The second kappa shape index (κ2) is 13.7. The van der Waals surface area contributed by atoms with Crippen molar-refractivity contribution in [1.82, 2.24) is 14.9 Å². The first-order valence-electron chi connectivity index (χ1n) is 12.5. The Morgan fingerprint density at radius 3 is 2.47 bits per heavy atom. The first kappa shape index (κ1) is 28.8. The number of rotatable bonds is 12. The Morgan fingerprint density at radius 1 is 1.05 bits per heavy atom. The van der Waals surface area contributed by atoms with Crippen LogP contribution in [-0.2, 0) is 11.3 Å². The van der Waals surface area contributed by atoms with E-state index in [4.69, 9.17) is 9.47 Å². The molecule has 2 N–H and O–H groups in total.